The van der Waals surface area contributed by atoms with Crippen molar-refractivity contribution in [2.75, 3.05) is 0 Å². The third-order valence-corrected chi connectivity index (χ3v) is 13.8. The third-order valence-electron chi connectivity index (χ3n) is 13.8. The second-order valence-corrected chi connectivity index (χ2v) is 17.8. The highest BCUT2D eigenvalue weighted by molar-refractivity contribution is 6.21. The molecule has 3 aliphatic rings. The number of rotatable bonds is 6. The molecule has 4 unspecified atom stereocenters. The molecule has 0 N–H and O–H groups in total. The van der Waals surface area contributed by atoms with E-state index in [-0.39, 0.29) is 11.8 Å². The number of para-hydroxylation sites is 4. The monoisotopic (exact) mass is 813 g/mol. The van der Waals surface area contributed by atoms with Gasteiger partial charge in [-0.2, -0.15) is 0 Å². The van der Waals surface area contributed by atoms with Crippen LogP contribution in [0, 0.1) is 11.8 Å². The number of hydrogen-bond donors (Lipinski definition) is 0. The highest BCUT2D eigenvalue weighted by Crippen LogP contribution is 2.44. The summed E-state index contributed by atoms with van der Waals surface area (Å²) in [7, 11) is 0. The SMILES string of the molecule is CC1CC=Cc2c1c1ccccc1n2-c1ccc(C2(C)CC(c3ccccc3)=NC(C3C=CC(c4nc5ccccc5c5c4c4ccccc4n5-c4ccccc4)=CC3C)=N2)cc1. The molecule has 0 bridgehead atoms. The zero-order valence-corrected chi connectivity index (χ0v) is 35.8. The lowest BCUT2D eigenvalue weighted by Gasteiger charge is -2.34. The van der Waals surface area contributed by atoms with Gasteiger partial charge in [0.15, 0.2) is 0 Å². The Balaban J connectivity index is 0.954. The Morgan fingerprint density at radius 2 is 1.29 bits per heavy atom. The minimum absolute atomic E-state index is 0.0143. The Kier molecular flexibility index (Phi) is 8.68. The van der Waals surface area contributed by atoms with Crippen molar-refractivity contribution in [3.05, 3.63) is 210 Å². The van der Waals surface area contributed by atoms with Crippen LogP contribution in [0.5, 0.6) is 0 Å². The number of aliphatic imine (C=N–C) groups is 2. The van der Waals surface area contributed by atoms with Crippen molar-refractivity contribution >= 4 is 66.8 Å². The van der Waals surface area contributed by atoms with Crippen LogP contribution < -0.4 is 0 Å². The van der Waals surface area contributed by atoms with Gasteiger partial charge in [-0.15, -0.1) is 0 Å². The molecule has 0 saturated carbocycles. The van der Waals surface area contributed by atoms with Gasteiger partial charge in [-0.25, -0.2) is 9.98 Å². The molecule has 0 saturated heterocycles. The van der Waals surface area contributed by atoms with E-state index in [4.69, 9.17) is 15.0 Å². The average Bonchev–Trinajstić information content (AvgIpc) is 3.86. The van der Waals surface area contributed by atoms with Crippen molar-refractivity contribution in [3.63, 3.8) is 0 Å². The molecule has 304 valence electrons. The van der Waals surface area contributed by atoms with Gasteiger partial charge in [-0.1, -0.05) is 153 Å². The number of benzene rings is 6. The molecule has 3 aromatic heterocycles. The summed E-state index contributed by atoms with van der Waals surface area (Å²) in [5, 5.41) is 4.85. The molecular weight excluding hydrogens is 767 g/mol. The quantitative estimate of drug-likeness (QED) is 0.165. The number of nitrogens with zero attached hydrogens (tertiary/aromatic N) is 5. The van der Waals surface area contributed by atoms with Gasteiger partial charge < -0.3 is 9.13 Å². The number of amidine groups is 1. The van der Waals surface area contributed by atoms with Crippen molar-refractivity contribution in [3.8, 4) is 11.4 Å². The van der Waals surface area contributed by atoms with E-state index in [1.54, 1.807) is 0 Å². The van der Waals surface area contributed by atoms with Crippen molar-refractivity contribution < 1.29 is 0 Å². The fraction of sp³-hybridized carbons (Fsp3) is 0.155. The van der Waals surface area contributed by atoms with E-state index < -0.39 is 5.54 Å². The molecule has 4 heterocycles. The predicted molar refractivity (Wildman–Crippen MR) is 264 cm³/mol. The zero-order valence-electron chi connectivity index (χ0n) is 35.8. The maximum atomic E-state index is 5.63. The molecule has 1 aliphatic heterocycles. The maximum Gasteiger partial charge on any atom is 0.132 e. The first kappa shape index (κ1) is 37.4. The molecule has 0 spiro atoms. The van der Waals surface area contributed by atoms with Gasteiger partial charge >= 0.3 is 0 Å². The van der Waals surface area contributed by atoms with Crippen molar-refractivity contribution in [2.24, 2.45) is 21.8 Å². The summed E-state index contributed by atoms with van der Waals surface area (Å²) in [5.41, 5.74) is 14.6. The smallest absolute Gasteiger partial charge is 0.132 e. The van der Waals surface area contributed by atoms with Gasteiger partial charge in [0.05, 0.1) is 39.0 Å². The average molecular weight is 814 g/mol. The molecular formula is C58H47N5. The zero-order chi connectivity index (χ0) is 42.2. The Labute approximate surface area is 367 Å². The highest BCUT2D eigenvalue weighted by Gasteiger charge is 2.36. The molecule has 12 rings (SSSR count). The van der Waals surface area contributed by atoms with Gasteiger partial charge in [0.1, 0.15) is 5.84 Å². The molecule has 9 aromatic rings. The molecule has 5 heteroatoms. The molecule has 4 atom stereocenters. The van der Waals surface area contributed by atoms with Crippen LogP contribution in [0.2, 0.25) is 0 Å². The lowest BCUT2D eigenvalue weighted by molar-refractivity contribution is 0.501. The summed E-state index contributed by atoms with van der Waals surface area (Å²) < 4.78 is 4.85. The van der Waals surface area contributed by atoms with Gasteiger partial charge in [0.2, 0.25) is 0 Å². The van der Waals surface area contributed by atoms with Crippen LogP contribution in [0.1, 0.15) is 67.6 Å². The summed E-state index contributed by atoms with van der Waals surface area (Å²) in [6.45, 7) is 6.93. The Bertz CT molecular complexity index is 3430. The second-order valence-electron chi connectivity index (χ2n) is 17.8. The van der Waals surface area contributed by atoms with Crippen LogP contribution in [0.4, 0.5) is 0 Å². The fourth-order valence-electron chi connectivity index (χ4n) is 10.7. The van der Waals surface area contributed by atoms with Gasteiger partial charge in [-0.05, 0) is 96.0 Å². The summed E-state index contributed by atoms with van der Waals surface area (Å²) in [6, 6.07) is 56.7. The minimum Gasteiger partial charge on any atom is -0.310 e. The van der Waals surface area contributed by atoms with E-state index in [1.165, 1.54) is 55.2 Å². The van der Waals surface area contributed by atoms with E-state index in [0.717, 1.165) is 51.4 Å². The highest BCUT2D eigenvalue weighted by atomic mass is 15.0. The van der Waals surface area contributed by atoms with Crippen molar-refractivity contribution in [1.29, 1.82) is 0 Å². The molecule has 0 amide bonds. The Morgan fingerprint density at radius 1 is 0.635 bits per heavy atom. The number of aromatic nitrogens is 3. The first-order chi connectivity index (χ1) is 30.9. The van der Waals surface area contributed by atoms with Crippen LogP contribution in [0.15, 0.2) is 192 Å². The lowest BCUT2D eigenvalue weighted by Crippen LogP contribution is -2.33. The lowest BCUT2D eigenvalue weighted by atomic mass is 9.81. The molecule has 0 radical (unpaired) electrons. The standard InChI is InChI=1S/C58H47N5/c1-37-17-16-28-52-53(37)46-23-11-14-26-50(46)62(52)43-32-30-41(31-33-43)58(3)36-49(39-18-6-4-7-19-39)60-57(61-58)44-34-29-40(35-38(44)2)55-54-47-24-12-15-27-51(47)63(42-20-8-5-9-21-42)56(54)45-22-10-13-25-48(45)59-55/h4-16,18-35,37-38,44H,17,36H2,1-3H3. The van der Waals surface area contributed by atoms with Crippen molar-refractivity contribution in [2.45, 2.75) is 45.1 Å². The first-order valence-electron chi connectivity index (χ1n) is 22.3. The van der Waals surface area contributed by atoms with E-state index in [9.17, 15) is 0 Å². The van der Waals surface area contributed by atoms with E-state index >= 15 is 0 Å². The topological polar surface area (TPSA) is 47.5 Å². The fourth-order valence-corrected chi connectivity index (χ4v) is 10.7. The van der Waals surface area contributed by atoms with Crippen LogP contribution in [0.3, 0.4) is 0 Å². The largest absolute Gasteiger partial charge is 0.310 e. The molecule has 0 fully saturated rings. The normalized spacial score (nSPS) is 20.9. The van der Waals surface area contributed by atoms with Crippen LogP contribution in [-0.4, -0.2) is 25.7 Å². The first-order valence-corrected chi connectivity index (χ1v) is 22.3. The van der Waals surface area contributed by atoms with Crippen LogP contribution in [-0.2, 0) is 5.54 Å². The summed E-state index contributed by atoms with van der Waals surface area (Å²) in [5.74, 6) is 1.45. The number of allylic oxidation sites excluding steroid dienone is 4. The second kappa shape index (κ2) is 14.6. The van der Waals surface area contributed by atoms with Crippen LogP contribution in [0.25, 0.3) is 66.6 Å². The van der Waals surface area contributed by atoms with Crippen molar-refractivity contribution in [1.82, 2.24) is 14.1 Å². The van der Waals surface area contributed by atoms with Crippen LogP contribution >= 0.6 is 0 Å². The van der Waals surface area contributed by atoms with Gasteiger partial charge in [0.25, 0.3) is 0 Å². The van der Waals surface area contributed by atoms with E-state index in [1.807, 2.05) is 0 Å². The Hall–Kier alpha value is -7.37. The predicted octanol–water partition coefficient (Wildman–Crippen LogP) is 14.2. The van der Waals surface area contributed by atoms with Gasteiger partial charge in [0, 0.05) is 51.0 Å². The minimum atomic E-state index is -0.518. The number of fused-ring (bicyclic) bond motifs is 8. The van der Waals surface area contributed by atoms with E-state index in [0.29, 0.717) is 12.3 Å². The summed E-state index contributed by atoms with van der Waals surface area (Å²) in [6.07, 6.45) is 13.4. The Morgan fingerprint density at radius 3 is 2.05 bits per heavy atom. The molecule has 2 aliphatic carbocycles. The number of hydrogen-bond acceptors (Lipinski definition) is 3. The van der Waals surface area contributed by atoms with Gasteiger partial charge in [-0.3, -0.25) is 4.99 Å². The maximum absolute atomic E-state index is 5.63. The molecule has 6 aromatic carbocycles. The van der Waals surface area contributed by atoms with E-state index in [2.05, 4.69) is 218 Å². The molecule has 5 nitrogen and oxygen atoms in total. The number of pyridine rings is 1. The summed E-state index contributed by atoms with van der Waals surface area (Å²) in [4.78, 5) is 16.5. The third kappa shape index (κ3) is 6.01. The summed E-state index contributed by atoms with van der Waals surface area (Å²) >= 11 is 0. The molecule has 63 heavy (non-hydrogen) atoms.